The summed E-state index contributed by atoms with van der Waals surface area (Å²) in [5, 5.41) is 4.18. The van der Waals surface area contributed by atoms with Crippen molar-refractivity contribution in [2.24, 2.45) is 5.92 Å². The Bertz CT molecular complexity index is 147. The van der Waals surface area contributed by atoms with E-state index in [0.29, 0.717) is 0 Å². The minimum atomic E-state index is 0.854. The molecule has 0 bridgehead atoms. The van der Waals surface area contributed by atoms with Gasteiger partial charge in [0.1, 0.15) is 0 Å². The van der Waals surface area contributed by atoms with Crippen LogP contribution in [0.1, 0.15) is 6.92 Å². The minimum Gasteiger partial charge on any atom is -0.316 e. The summed E-state index contributed by atoms with van der Waals surface area (Å²) in [6.07, 6.45) is 0. The molecule has 2 saturated heterocycles. The fourth-order valence-electron chi connectivity index (χ4n) is 1.90. The Morgan fingerprint density at radius 2 is 2.33 bits per heavy atom. The third kappa shape index (κ3) is 2.15. The lowest BCUT2D eigenvalue weighted by atomic mass is 10.0. The lowest BCUT2D eigenvalue weighted by molar-refractivity contribution is 0.199. The Balaban J connectivity index is 1.71. The molecule has 0 aromatic heterocycles. The molecule has 0 spiro atoms. The molecule has 2 aliphatic rings. The normalized spacial score (nSPS) is 33.2. The maximum absolute atomic E-state index is 3.33. The molecule has 12 heavy (non-hydrogen) atoms. The van der Waals surface area contributed by atoms with Gasteiger partial charge in [-0.2, -0.15) is 11.8 Å². The van der Waals surface area contributed by atoms with E-state index in [4.69, 9.17) is 0 Å². The molecule has 2 aliphatic heterocycles. The largest absolute Gasteiger partial charge is 0.316 e. The maximum atomic E-state index is 3.33. The summed E-state index contributed by atoms with van der Waals surface area (Å²) in [6, 6.07) is 0. The first kappa shape index (κ1) is 8.85. The number of nitrogens with zero attached hydrogens (tertiary/aromatic N) is 1. The Kier molecular flexibility index (Phi) is 2.94. The molecule has 1 N–H and O–H groups in total. The number of hydrogen-bond donors (Lipinski definition) is 1. The zero-order valence-electron chi connectivity index (χ0n) is 7.75. The first-order valence-electron chi connectivity index (χ1n) is 4.89. The highest BCUT2D eigenvalue weighted by molar-refractivity contribution is 7.99. The molecule has 2 rings (SSSR count). The second kappa shape index (κ2) is 3.99. The zero-order valence-corrected chi connectivity index (χ0v) is 8.57. The molecular weight excluding hydrogens is 168 g/mol. The molecule has 70 valence electrons. The monoisotopic (exact) mass is 186 g/mol. The standard InChI is InChI=1S/C9H18N2S/c1-8-6-11(2-3-12-8)7-9-4-10-5-9/h8-10H,2-7H2,1H3. The van der Waals surface area contributed by atoms with Crippen LogP contribution < -0.4 is 5.32 Å². The SMILES string of the molecule is CC1CN(CC2CNC2)CCS1. The predicted molar refractivity (Wildman–Crippen MR) is 54.7 cm³/mol. The molecule has 0 radical (unpaired) electrons. The van der Waals surface area contributed by atoms with E-state index in [0.717, 1.165) is 11.2 Å². The molecule has 2 heterocycles. The molecule has 1 unspecified atom stereocenters. The summed E-state index contributed by atoms with van der Waals surface area (Å²) in [4.78, 5) is 2.63. The van der Waals surface area contributed by atoms with Crippen LogP contribution in [-0.4, -0.2) is 48.6 Å². The molecule has 2 fully saturated rings. The lowest BCUT2D eigenvalue weighted by Gasteiger charge is -2.36. The Labute approximate surface area is 79.1 Å². The van der Waals surface area contributed by atoms with Crippen LogP contribution in [0.25, 0.3) is 0 Å². The summed E-state index contributed by atoms with van der Waals surface area (Å²) in [5.74, 6) is 2.28. The molecule has 2 nitrogen and oxygen atoms in total. The van der Waals surface area contributed by atoms with E-state index >= 15 is 0 Å². The predicted octanol–water partition coefficient (Wildman–Crippen LogP) is 0.643. The van der Waals surface area contributed by atoms with Gasteiger partial charge in [0, 0.05) is 43.7 Å². The fraction of sp³-hybridized carbons (Fsp3) is 1.00. The van der Waals surface area contributed by atoms with Crippen LogP contribution in [0.5, 0.6) is 0 Å². The highest BCUT2D eigenvalue weighted by atomic mass is 32.2. The summed E-state index contributed by atoms with van der Waals surface area (Å²) < 4.78 is 0. The topological polar surface area (TPSA) is 15.3 Å². The average molecular weight is 186 g/mol. The lowest BCUT2D eigenvalue weighted by Crippen LogP contribution is -2.50. The van der Waals surface area contributed by atoms with Gasteiger partial charge in [0.15, 0.2) is 0 Å². The van der Waals surface area contributed by atoms with Crippen LogP contribution in [0.3, 0.4) is 0 Å². The molecule has 3 heteroatoms. The fourth-order valence-corrected chi connectivity index (χ4v) is 2.98. The van der Waals surface area contributed by atoms with Crippen molar-refractivity contribution >= 4 is 11.8 Å². The summed E-state index contributed by atoms with van der Waals surface area (Å²) >= 11 is 2.12. The highest BCUT2D eigenvalue weighted by Crippen LogP contribution is 2.19. The highest BCUT2D eigenvalue weighted by Gasteiger charge is 2.23. The minimum absolute atomic E-state index is 0.854. The van der Waals surface area contributed by atoms with Crippen molar-refractivity contribution in [3.63, 3.8) is 0 Å². The van der Waals surface area contributed by atoms with Crippen molar-refractivity contribution in [1.82, 2.24) is 10.2 Å². The quantitative estimate of drug-likeness (QED) is 0.681. The second-order valence-corrected chi connectivity index (χ2v) is 5.51. The first-order chi connectivity index (χ1) is 5.84. The zero-order chi connectivity index (χ0) is 8.39. The number of nitrogens with one attached hydrogen (secondary N) is 1. The summed E-state index contributed by atoms with van der Waals surface area (Å²) in [7, 11) is 0. The average Bonchev–Trinajstić information content (AvgIpc) is 1.97. The van der Waals surface area contributed by atoms with Gasteiger partial charge in [-0.05, 0) is 5.92 Å². The Morgan fingerprint density at radius 1 is 1.50 bits per heavy atom. The van der Waals surface area contributed by atoms with E-state index in [1.54, 1.807) is 0 Å². The number of thioether (sulfide) groups is 1. The molecule has 0 aromatic carbocycles. The van der Waals surface area contributed by atoms with E-state index in [-0.39, 0.29) is 0 Å². The van der Waals surface area contributed by atoms with Crippen LogP contribution >= 0.6 is 11.8 Å². The van der Waals surface area contributed by atoms with Gasteiger partial charge in [-0.1, -0.05) is 6.92 Å². The van der Waals surface area contributed by atoms with Gasteiger partial charge in [-0.15, -0.1) is 0 Å². The van der Waals surface area contributed by atoms with Crippen molar-refractivity contribution in [3.05, 3.63) is 0 Å². The summed E-state index contributed by atoms with van der Waals surface area (Å²) in [6.45, 7) is 8.79. The smallest absolute Gasteiger partial charge is 0.0147 e. The molecular formula is C9H18N2S. The number of hydrogen-bond acceptors (Lipinski definition) is 3. The molecule has 0 aliphatic carbocycles. The van der Waals surface area contributed by atoms with E-state index < -0.39 is 0 Å². The summed E-state index contributed by atoms with van der Waals surface area (Å²) in [5.41, 5.74) is 0. The first-order valence-corrected chi connectivity index (χ1v) is 5.94. The maximum Gasteiger partial charge on any atom is 0.0147 e. The van der Waals surface area contributed by atoms with E-state index in [9.17, 15) is 0 Å². The van der Waals surface area contributed by atoms with Gasteiger partial charge >= 0.3 is 0 Å². The Morgan fingerprint density at radius 3 is 2.92 bits per heavy atom. The van der Waals surface area contributed by atoms with Crippen LogP contribution in [-0.2, 0) is 0 Å². The van der Waals surface area contributed by atoms with Crippen LogP contribution in [0, 0.1) is 5.92 Å². The van der Waals surface area contributed by atoms with Gasteiger partial charge in [0.05, 0.1) is 0 Å². The van der Waals surface area contributed by atoms with Gasteiger partial charge in [-0.25, -0.2) is 0 Å². The van der Waals surface area contributed by atoms with Gasteiger partial charge in [-0.3, -0.25) is 0 Å². The molecule has 1 atom stereocenters. The van der Waals surface area contributed by atoms with Crippen molar-refractivity contribution < 1.29 is 0 Å². The van der Waals surface area contributed by atoms with Crippen molar-refractivity contribution in [2.45, 2.75) is 12.2 Å². The van der Waals surface area contributed by atoms with E-state index in [1.807, 2.05) is 0 Å². The second-order valence-electron chi connectivity index (χ2n) is 3.97. The van der Waals surface area contributed by atoms with E-state index in [2.05, 4.69) is 28.9 Å². The molecule has 0 amide bonds. The van der Waals surface area contributed by atoms with Crippen LogP contribution in [0.4, 0.5) is 0 Å². The molecule has 0 saturated carbocycles. The third-order valence-corrected chi connectivity index (χ3v) is 3.84. The Hall–Kier alpha value is 0.270. The van der Waals surface area contributed by atoms with Crippen LogP contribution in [0.15, 0.2) is 0 Å². The van der Waals surface area contributed by atoms with Gasteiger partial charge in [0.2, 0.25) is 0 Å². The van der Waals surface area contributed by atoms with Gasteiger partial charge < -0.3 is 10.2 Å². The van der Waals surface area contributed by atoms with Gasteiger partial charge in [0.25, 0.3) is 0 Å². The van der Waals surface area contributed by atoms with E-state index in [1.165, 1.54) is 38.5 Å². The third-order valence-electron chi connectivity index (χ3n) is 2.71. The number of rotatable bonds is 2. The van der Waals surface area contributed by atoms with Crippen molar-refractivity contribution in [1.29, 1.82) is 0 Å². The van der Waals surface area contributed by atoms with Crippen molar-refractivity contribution in [2.75, 3.05) is 38.5 Å². The van der Waals surface area contributed by atoms with Crippen LogP contribution in [0.2, 0.25) is 0 Å². The molecule has 0 aromatic rings. The van der Waals surface area contributed by atoms with Crippen molar-refractivity contribution in [3.8, 4) is 0 Å².